The van der Waals surface area contributed by atoms with Gasteiger partial charge < -0.3 is 9.15 Å². The number of rotatable bonds is 5. The number of methoxy groups -OCH3 is 1. The third-order valence-corrected chi connectivity index (χ3v) is 4.63. The van der Waals surface area contributed by atoms with Crippen molar-refractivity contribution in [3.05, 3.63) is 65.0 Å². The summed E-state index contributed by atoms with van der Waals surface area (Å²) in [4.78, 5) is 15.9. The average Bonchev–Trinajstić information content (AvgIpc) is 2.94. The van der Waals surface area contributed by atoms with E-state index in [-0.39, 0.29) is 5.82 Å². The van der Waals surface area contributed by atoms with E-state index in [0.29, 0.717) is 28.6 Å². The van der Waals surface area contributed by atoms with E-state index in [2.05, 4.69) is 4.98 Å². The van der Waals surface area contributed by atoms with Crippen LogP contribution in [-0.4, -0.2) is 18.1 Å². The van der Waals surface area contributed by atoms with Crippen molar-refractivity contribution < 1.29 is 18.3 Å². The molecule has 0 aliphatic rings. The lowest BCUT2D eigenvalue weighted by Crippen LogP contribution is -2.00. The molecular formula is C18H16FNO3S. The van der Waals surface area contributed by atoms with E-state index in [9.17, 15) is 9.18 Å². The van der Waals surface area contributed by atoms with Crippen molar-refractivity contribution in [2.45, 2.75) is 18.4 Å². The van der Waals surface area contributed by atoms with Crippen LogP contribution in [0.3, 0.4) is 0 Å². The Kier molecular flexibility index (Phi) is 4.85. The molecule has 4 nitrogen and oxygen atoms in total. The minimum Gasteiger partial charge on any atom is -0.465 e. The number of fused-ring (bicyclic) bond motifs is 1. The smallest absolute Gasteiger partial charge is 0.341 e. The Balaban J connectivity index is 1.72. The summed E-state index contributed by atoms with van der Waals surface area (Å²) in [5.41, 5.74) is 2.08. The second kappa shape index (κ2) is 7.05. The van der Waals surface area contributed by atoms with Gasteiger partial charge in [-0.2, -0.15) is 0 Å². The lowest BCUT2D eigenvalue weighted by atomic mass is 10.1. The maximum atomic E-state index is 13.7. The number of aryl methyl sites for hydroxylation is 1. The van der Waals surface area contributed by atoms with Crippen molar-refractivity contribution in [2.24, 2.45) is 0 Å². The van der Waals surface area contributed by atoms with E-state index < -0.39 is 5.97 Å². The predicted octanol–water partition coefficient (Wildman–Crippen LogP) is 4.50. The minimum absolute atomic E-state index is 0.270. The average molecular weight is 345 g/mol. The maximum Gasteiger partial charge on any atom is 0.341 e. The lowest BCUT2D eigenvalue weighted by molar-refractivity contribution is 0.0599. The van der Waals surface area contributed by atoms with Gasteiger partial charge in [0.2, 0.25) is 0 Å². The first-order valence-electron chi connectivity index (χ1n) is 7.37. The number of furan rings is 1. The molecule has 3 aromatic rings. The number of halogens is 1. The SMILES string of the molecule is COC(=O)c1cc(CSCc2cc(F)cc3cccnc23)oc1C. The summed E-state index contributed by atoms with van der Waals surface area (Å²) in [7, 11) is 1.34. The molecule has 0 fully saturated rings. The van der Waals surface area contributed by atoms with E-state index in [0.717, 1.165) is 16.5 Å². The number of thioether (sulfide) groups is 1. The molecule has 0 aliphatic carbocycles. The highest BCUT2D eigenvalue weighted by Crippen LogP contribution is 2.26. The van der Waals surface area contributed by atoms with Gasteiger partial charge in [-0.3, -0.25) is 4.98 Å². The molecule has 3 rings (SSSR count). The molecule has 1 aromatic carbocycles. The van der Waals surface area contributed by atoms with Crippen LogP contribution in [0.2, 0.25) is 0 Å². The van der Waals surface area contributed by atoms with E-state index in [1.165, 1.54) is 19.2 Å². The van der Waals surface area contributed by atoms with Gasteiger partial charge in [-0.1, -0.05) is 6.07 Å². The number of aromatic nitrogens is 1. The van der Waals surface area contributed by atoms with Crippen LogP contribution in [0.4, 0.5) is 4.39 Å². The zero-order valence-corrected chi connectivity index (χ0v) is 14.2. The fourth-order valence-electron chi connectivity index (χ4n) is 2.53. The summed E-state index contributed by atoms with van der Waals surface area (Å²) in [6, 6.07) is 8.32. The van der Waals surface area contributed by atoms with Crippen LogP contribution in [0.1, 0.15) is 27.4 Å². The van der Waals surface area contributed by atoms with Gasteiger partial charge in [0.1, 0.15) is 22.9 Å². The molecule has 0 N–H and O–H groups in total. The van der Waals surface area contributed by atoms with Crippen molar-refractivity contribution in [1.82, 2.24) is 4.98 Å². The number of esters is 1. The van der Waals surface area contributed by atoms with Crippen LogP contribution in [0, 0.1) is 12.7 Å². The summed E-state index contributed by atoms with van der Waals surface area (Å²) >= 11 is 1.57. The Morgan fingerprint density at radius 2 is 2.17 bits per heavy atom. The lowest BCUT2D eigenvalue weighted by Gasteiger charge is -2.05. The fourth-order valence-corrected chi connectivity index (χ4v) is 3.41. The molecule has 0 saturated carbocycles. The summed E-state index contributed by atoms with van der Waals surface area (Å²) in [6.45, 7) is 1.73. The molecule has 0 saturated heterocycles. The highest BCUT2D eigenvalue weighted by molar-refractivity contribution is 7.97. The van der Waals surface area contributed by atoms with Crippen LogP contribution < -0.4 is 0 Å². The Labute approximate surface area is 143 Å². The molecule has 0 radical (unpaired) electrons. The highest BCUT2D eigenvalue weighted by Gasteiger charge is 2.15. The van der Waals surface area contributed by atoms with E-state index in [1.807, 2.05) is 6.07 Å². The zero-order valence-electron chi connectivity index (χ0n) is 13.3. The van der Waals surface area contributed by atoms with Crippen molar-refractivity contribution in [2.75, 3.05) is 7.11 Å². The normalized spacial score (nSPS) is 11.0. The van der Waals surface area contributed by atoms with Gasteiger partial charge in [0, 0.05) is 17.3 Å². The van der Waals surface area contributed by atoms with Crippen LogP contribution in [-0.2, 0) is 16.2 Å². The first kappa shape index (κ1) is 16.5. The van der Waals surface area contributed by atoms with Crippen molar-refractivity contribution >= 4 is 28.6 Å². The molecule has 24 heavy (non-hydrogen) atoms. The first-order valence-corrected chi connectivity index (χ1v) is 8.52. The first-order chi connectivity index (χ1) is 11.6. The molecule has 0 aliphatic heterocycles. The molecule has 124 valence electrons. The molecule has 0 unspecified atom stereocenters. The molecular weight excluding hydrogens is 329 g/mol. The third kappa shape index (κ3) is 3.43. The molecule has 2 heterocycles. The third-order valence-electron chi connectivity index (χ3n) is 3.62. The molecule has 0 atom stereocenters. The van der Waals surface area contributed by atoms with E-state index in [4.69, 9.17) is 9.15 Å². The minimum atomic E-state index is -0.409. The van der Waals surface area contributed by atoms with E-state index in [1.54, 1.807) is 37.0 Å². The number of carbonyl (C=O) groups is 1. The van der Waals surface area contributed by atoms with Gasteiger partial charge >= 0.3 is 5.97 Å². The standard InChI is InChI=1S/C18H16FNO3S/c1-11-16(18(21)22-2)8-15(23-11)10-24-9-13-7-14(19)6-12-4-3-5-20-17(12)13/h3-8H,9-10H2,1-2H3. The number of hydrogen-bond donors (Lipinski definition) is 0. The van der Waals surface area contributed by atoms with Gasteiger partial charge in [-0.05, 0) is 36.8 Å². The van der Waals surface area contributed by atoms with Gasteiger partial charge in [-0.15, -0.1) is 11.8 Å². The summed E-state index contributed by atoms with van der Waals surface area (Å²) in [5, 5.41) is 0.787. The number of pyridine rings is 1. The predicted molar refractivity (Wildman–Crippen MR) is 91.5 cm³/mol. The largest absolute Gasteiger partial charge is 0.465 e. The zero-order chi connectivity index (χ0) is 17.1. The Bertz CT molecular complexity index is 891. The summed E-state index contributed by atoms with van der Waals surface area (Å²) < 4.78 is 24.0. The Morgan fingerprint density at radius 3 is 2.96 bits per heavy atom. The van der Waals surface area contributed by atoms with Crippen LogP contribution in [0.5, 0.6) is 0 Å². The molecule has 2 aromatic heterocycles. The van der Waals surface area contributed by atoms with E-state index >= 15 is 0 Å². The summed E-state index contributed by atoms with van der Waals surface area (Å²) in [6.07, 6.45) is 1.70. The number of carbonyl (C=O) groups excluding carboxylic acids is 1. The second-order valence-corrected chi connectivity index (χ2v) is 6.29. The van der Waals surface area contributed by atoms with Gasteiger partial charge in [0.25, 0.3) is 0 Å². The van der Waals surface area contributed by atoms with Crippen molar-refractivity contribution in [3.63, 3.8) is 0 Å². The summed E-state index contributed by atoms with van der Waals surface area (Å²) in [5.74, 6) is 1.71. The quantitative estimate of drug-likeness (QED) is 0.638. The number of benzene rings is 1. The molecule has 0 spiro atoms. The van der Waals surface area contributed by atoms with Crippen LogP contribution in [0.15, 0.2) is 40.9 Å². The molecule has 0 amide bonds. The Morgan fingerprint density at radius 1 is 1.33 bits per heavy atom. The van der Waals surface area contributed by atoms with Crippen molar-refractivity contribution in [1.29, 1.82) is 0 Å². The van der Waals surface area contributed by atoms with Gasteiger partial charge in [0.05, 0.1) is 18.4 Å². The fraction of sp³-hybridized carbons (Fsp3) is 0.222. The highest BCUT2D eigenvalue weighted by atomic mass is 32.2. The van der Waals surface area contributed by atoms with Gasteiger partial charge in [-0.25, -0.2) is 9.18 Å². The van der Waals surface area contributed by atoms with Gasteiger partial charge in [0.15, 0.2) is 0 Å². The monoisotopic (exact) mass is 345 g/mol. The Hall–Kier alpha value is -2.34. The second-order valence-electron chi connectivity index (χ2n) is 5.31. The topological polar surface area (TPSA) is 52.3 Å². The number of nitrogens with zero attached hydrogens (tertiary/aromatic N) is 1. The molecule has 0 bridgehead atoms. The number of ether oxygens (including phenoxy) is 1. The van der Waals surface area contributed by atoms with Crippen molar-refractivity contribution in [3.8, 4) is 0 Å². The van der Waals surface area contributed by atoms with Crippen LogP contribution >= 0.6 is 11.8 Å². The van der Waals surface area contributed by atoms with Crippen LogP contribution in [0.25, 0.3) is 10.9 Å². The maximum absolute atomic E-state index is 13.7. The molecule has 6 heteroatoms. The number of hydrogen-bond acceptors (Lipinski definition) is 5.